The first kappa shape index (κ1) is 38.2. The molecule has 4 rings (SSSR count). The summed E-state index contributed by atoms with van der Waals surface area (Å²) in [5.41, 5.74) is -0.259. The molecule has 1 atom stereocenters. The molecule has 0 aliphatic rings. The lowest BCUT2D eigenvalue weighted by Crippen LogP contribution is -2.20. The largest absolute Gasteiger partial charge is 0.488 e. The number of carbonyl (C=O) groups excluding carboxylic acids is 1. The number of alkyl halides is 6. The van der Waals surface area contributed by atoms with E-state index < -0.39 is 48.0 Å². The predicted octanol–water partition coefficient (Wildman–Crippen LogP) is 9.97. The molecule has 0 heterocycles. The summed E-state index contributed by atoms with van der Waals surface area (Å²) in [6.45, 7) is 3.16. The van der Waals surface area contributed by atoms with Crippen molar-refractivity contribution in [2.24, 2.45) is 5.92 Å². The summed E-state index contributed by atoms with van der Waals surface area (Å²) >= 11 is 0. The van der Waals surface area contributed by atoms with Crippen LogP contribution in [0.4, 0.5) is 35.5 Å². The van der Waals surface area contributed by atoms with Crippen molar-refractivity contribution in [1.29, 1.82) is 0 Å². The molecule has 268 valence electrons. The van der Waals surface area contributed by atoms with Crippen molar-refractivity contribution in [2.45, 2.75) is 38.2 Å². The van der Waals surface area contributed by atoms with Crippen LogP contribution in [-0.4, -0.2) is 24.3 Å². The number of aryl methyl sites for hydroxylation is 1. The standard InChI is InChI=1S/C38H32F7NO5/c1-23(46-36(49)50-2)28-10-5-24(6-11-28)3-4-25(17-26-7-12-29(13-8-26)35(47)48)9-14-30-20-33(39)15-16-34(30)51-22-27-18-31(37(40,41)42)21-32(19-27)38(43,44)45/h5-16,18-21,25H,1,3-4,17,22H2,2H3,(H,46,49)(H,47,48)/b14-9-. The van der Waals surface area contributed by atoms with Gasteiger partial charge in [-0.1, -0.05) is 55.1 Å². The quantitative estimate of drug-likeness (QED) is 0.135. The van der Waals surface area contributed by atoms with Crippen molar-refractivity contribution in [3.8, 4) is 5.75 Å². The van der Waals surface area contributed by atoms with Crippen LogP contribution in [0.1, 0.15) is 55.7 Å². The molecule has 1 amide bonds. The van der Waals surface area contributed by atoms with Crippen molar-refractivity contribution < 1.29 is 54.9 Å². The Hall–Kier alpha value is -5.59. The Balaban J connectivity index is 1.57. The highest BCUT2D eigenvalue weighted by molar-refractivity contribution is 5.87. The van der Waals surface area contributed by atoms with Crippen molar-refractivity contribution in [3.05, 3.63) is 148 Å². The van der Waals surface area contributed by atoms with E-state index >= 15 is 0 Å². The third kappa shape index (κ3) is 11.2. The zero-order valence-electron chi connectivity index (χ0n) is 27.1. The number of methoxy groups -OCH3 is 1. The Bertz CT molecular complexity index is 1850. The number of ether oxygens (including phenoxy) is 2. The van der Waals surface area contributed by atoms with E-state index in [0.29, 0.717) is 42.7 Å². The number of nitrogens with one attached hydrogen (secondary N) is 1. The van der Waals surface area contributed by atoms with E-state index in [1.165, 1.54) is 25.3 Å². The van der Waals surface area contributed by atoms with E-state index in [0.717, 1.165) is 23.3 Å². The lowest BCUT2D eigenvalue weighted by Gasteiger charge is -2.16. The normalized spacial score (nSPS) is 12.4. The molecule has 4 aromatic rings. The van der Waals surface area contributed by atoms with Gasteiger partial charge in [0.1, 0.15) is 18.2 Å². The van der Waals surface area contributed by atoms with Gasteiger partial charge in [0, 0.05) is 11.3 Å². The van der Waals surface area contributed by atoms with Gasteiger partial charge in [0.25, 0.3) is 0 Å². The van der Waals surface area contributed by atoms with E-state index in [9.17, 15) is 45.4 Å². The van der Waals surface area contributed by atoms with Crippen LogP contribution >= 0.6 is 0 Å². The maximum absolute atomic E-state index is 14.4. The van der Waals surface area contributed by atoms with Crippen LogP contribution in [0.5, 0.6) is 5.75 Å². The fourth-order valence-corrected chi connectivity index (χ4v) is 5.11. The highest BCUT2D eigenvalue weighted by Crippen LogP contribution is 2.37. The number of amides is 1. The van der Waals surface area contributed by atoms with E-state index in [1.54, 1.807) is 36.4 Å². The van der Waals surface area contributed by atoms with Gasteiger partial charge in [-0.05, 0) is 96.0 Å². The summed E-state index contributed by atoms with van der Waals surface area (Å²) in [6, 6.07) is 18.2. The molecule has 0 saturated heterocycles. The van der Waals surface area contributed by atoms with Gasteiger partial charge in [-0.3, -0.25) is 5.32 Å². The van der Waals surface area contributed by atoms with Crippen molar-refractivity contribution >= 4 is 23.8 Å². The molecule has 0 fully saturated rings. The fourth-order valence-electron chi connectivity index (χ4n) is 5.11. The molecule has 0 radical (unpaired) electrons. The van der Waals surface area contributed by atoms with Gasteiger partial charge < -0.3 is 14.6 Å². The predicted molar refractivity (Wildman–Crippen MR) is 176 cm³/mol. The van der Waals surface area contributed by atoms with Gasteiger partial charge in [0.05, 0.1) is 23.8 Å². The molecule has 1 unspecified atom stereocenters. The maximum atomic E-state index is 14.4. The van der Waals surface area contributed by atoms with E-state index in [-0.39, 0.29) is 34.4 Å². The smallest absolute Gasteiger partial charge is 0.416 e. The minimum Gasteiger partial charge on any atom is -0.488 e. The molecule has 0 aliphatic heterocycles. The minimum atomic E-state index is -5.03. The average Bonchev–Trinajstić information content (AvgIpc) is 3.08. The zero-order valence-corrected chi connectivity index (χ0v) is 27.1. The van der Waals surface area contributed by atoms with Crippen LogP contribution in [0.3, 0.4) is 0 Å². The molecule has 4 aromatic carbocycles. The number of allylic oxidation sites excluding steroid dienone is 1. The van der Waals surface area contributed by atoms with Crippen molar-refractivity contribution in [2.75, 3.05) is 7.11 Å². The lowest BCUT2D eigenvalue weighted by molar-refractivity contribution is -0.143. The lowest BCUT2D eigenvalue weighted by atomic mass is 9.91. The SMILES string of the molecule is C=C(NC(=O)OC)c1ccc(CCC(/C=C\c2cc(F)ccc2OCc2cc(C(F)(F)F)cc(C(F)(F)F)c2)Cc2ccc(C(=O)O)cc2)cc1. The molecule has 6 nitrogen and oxygen atoms in total. The summed E-state index contributed by atoms with van der Waals surface area (Å²) in [5, 5.41) is 11.8. The molecule has 0 aliphatic carbocycles. The average molecular weight is 716 g/mol. The minimum absolute atomic E-state index is 0.0261. The van der Waals surface area contributed by atoms with E-state index in [4.69, 9.17) is 4.74 Å². The third-order valence-electron chi connectivity index (χ3n) is 7.80. The topological polar surface area (TPSA) is 84.9 Å². The van der Waals surface area contributed by atoms with Crippen LogP contribution in [0.2, 0.25) is 0 Å². The Morgan fingerprint density at radius 3 is 1.98 bits per heavy atom. The number of benzene rings is 4. The van der Waals surface area contributed by atoms with E-state index in [1.807, 2.05) is 12.1 Å². The number of alkyl carbamates (subject to hydrolysis) is 1. The number of rotatable bonds is 13. The Labute approximate surface area is 288 Å². The zero-order chi connectivity index (χ0) is 37.3. The second-order valence-electron chi connectivity index (χ2n) is 11.5. The third-order valence-corrected chi connectivity index (χ3v) is 7.80. The van der Waals surface area contributed by atoms with Crippen LogP contribution in [0, 0.1) is 11.7 Å². The van der Waals surface area contributed by atoms with Crippen LogP contribution in [0.25, 0.3) is 11.8 Å². The summed E-state index contributed by atoms with van der Waals surface area (Å²) in [4.78, 5) is 22.8. The number of hydrogen-bond acceptors (Lipinski definition) is 4. The number of carboxylic acid groups (broad SMARTS) is 1. The number of carboxylic acids is 1. The molecule has 0 saturated carbocycles. The summed E-state index contributed by atoms with van der Waals surface area (Å²) < 4.78 is 105. The molecule has 13 heteroatoms. The second-order valence-corrected chi connectivity index (χ2v) is 11.5. The number of carbonyl (C=O) groups is 2. The molecule has 0 spiro atoms. The Kier molecular flexibility index (Phi) is 12.3. The summed E-state index contributed by atoms with van der Waals surface area (Å²) in [6.07, 6.45) is -5.78. The van der Waals surface area contributed by atoms with Gasteiger partial charge in [-0.25, -0.2) is 14.0 Å². The summed E-state index contributed by atoms with van der Waals surface area (Å²) in [7, 11) is 1.23. The first-order chi connectivity index (χ1) is 24.0. The first-order valence-electron chi connectivity index (χ1n) is 15.4. The van der Waals surface area contributed by atoms with Crippen LogP contribution in [-0.2, 0) is 36.5 Å². The Morgan fingerprint density at radius 2 is 1.41 bits per heavy atom. The van der Waals surface area contributed by atoms with Crippen LogP contribution < -0.4 is 10.1 Å². The molecule has 0 bridgehead atoms. The highest BCUT2D eigenvalue weighted by Gasteiger charge is 2.37. The molecular formula is C38H32F7NO5. The summed E-state index contributed by atoms with van der Waals surface area (Å²) in [5.74, 6) is -1.90. The molecule has 2 N–H and O–H groups in total. The first-order valence-corrected chi connectivity index (χ1v) is 15.4. The Morgan fingerprint density at radius 1 is 0.824 bits per heavy atom. The van der Waals surface area contributed by atoms with Gasteiger partial charge in [-0.2, -0.15) is 26.3 Å². The maximum Gasteiger partial charge on any atom is 0.416 e. The monoisotopic (exact) mass is 715 g/mol. The number of hydrogen-bond donors (Lipinski definition) is 2. The van der Waals surface area contributed by atoms with E-state index in [2.05, 4.69) is 16.6 Å². The molecular weight excluding hydrogens is 683 g/mol. The van der Waals surface area contributed by atoms with Crippen molar-refractivity contribution in [3.63, 3.8) is 0 Å². The highest BCUT2D eigenvalue weighted by atomic mass is 19.4. The molecule has 0 aromatic heterocycles. The van der Waals surface area contributed by atoms with Crippen LogP contribution in [0.15, 0.2) is 97.6 Å². The van der Waals surface area contributed by atoms with Crippen molar-refractivity contribution in [1.82, 2.24) is 5.32 Å². The van der Waals surface area contributed by atoms with Gasteiger partial charge in [0.15, 0.2) is 0 Å². The number of aromatic carboxylic acids is 1. The second kappa shape index (κ2) is 16.4. The fraction of sp³-hybridized carbons (Fsp3) is 0.211. The number of halogens is 7. The van der Waals surface area contributed by atoms with Gasteiger partial charge in [0.2, 0.25) is 0 Å². The van der Waals surface area contributed by atoms with Gasteiger partial charge in [-0.15, -0.1) is 0 Å². The van der Waals surface area contributed by atoms with Gasteiger partial charge >= 0.3 is 24.4 Å². The molecule has 51 heavy (non-hydrogen) atoms.